The summed E-state index contributed by atoms with van der Waals surface area (Å²) in [6, 6.07) is 0. The molecule has 0 bridgehead atoms. The summed E-state index contributed by atoms with van der Waals surface area (Å²) in [4.78, 5) is 37.4. The van der Waals surface area contributed by atoms with E-state index in [1.807, 2.05) is 0 Å². The van der Waals surface area contributed by atoms with E-state index in [9.17, 15) is 14.4 Å². The van der Waals surface area contributed by atoms with Gasteiger partial charge in [0.05, 0.1) is 0 Å². The lowest BCUT2D eigenvalue weighted by molar-refractivity contribution is -0.167. The van der Waals surface area contributed by atoms with Crippen molar-refractivity contribution >= 4 is 17.9 Å². The van der Waals surface area contributed by atoms with Gasteiger partial charge in [0.25, 0.3) is 0 Å². The van der Waals surface area contributed by atoms with E-state index in [-0.39, 0.29) is 31.1 Å². The zero-order valence-corrected chi connectivity index (χ0v) is 34.7. The molecule has 0 spiro atoms. The van der Waals surface area contributed by atoms with E-state index in [4.69, 9.17) is 14.2 Å². The molecule has 0 heterocycles. The number of ether oxygens (including phenoxy) is 3. The SMILES string of the molecule is CCCCCCCC(=O)OC[C@H](COC(=O)CCCCCCCCCCCCCCC(C)C)OC(=O)CCCCCCCCCCCCC(C)C. The summed E-state index contributed by atoms with van der Waals surface area (Å²) in [6.45, 7) is 11.2. The van der Waals surface area contributed by atoms with Crippen LogP contribution in [-0.2, 0) is 28.6 Å². The molecule has 0 aliphatic rings. The van der Waals surface area contributed by atoms with Gasteiger partial charge in [-0.1, -0.05) is 202 Å². The van der Waals surface area contributed by atoms with Crippen molar-refractivity contribution in [2.24, 2.45) is 11.8 Å². The van der Waals surface area contributed by atoms with Crippen LogP contribution in [0, 0.1) is 11.8 Å². The molecule has 0 saturated carbocycles. The number of carbonyl (C=O) groups is 3. The number of unbranched alkanes of at least 4 members (excludes halogenated alkanes) is 24. The third kappa shape index (κ3) is 39.5. The van der Waals surface area contributed by atoms with E-state index >= 15 is 0 Å². The summed E-state index contributed by atoms with van der Waals surface area (Å²) in [5.41, 5.74) is 0. The van der Waals surface area contributed by atoms with Gasteiger partial charge in [-0.2, -0.15) is 0 Å². The van der Waals surface area contributed by atoms with Crippen molar-refractivity contribution in [3.63, 3.8) is 0 Å². The van der Waals surface area contributed by atoms with Crippen LogP contribution in [-0.4, -0.2) is 37.2 Å². The van der Waals surface area contributed by atoms with E-state index in [0.29, 0.717) is 19.3 Å². The number of hydrogen-bond donors (Lipinski definition) is 0. The summed E-state index contributed by atoms with van der Waals surface area (Å²) in [6.07, 6.45) is 35.5. The molecular weight excluding hydrogens is 636 g/mol. The molecule has 0 aromatic rings. The van der Waals surface area contributed by atoms with Crippen LogP contribution in [0.5, 0.6) is 0 Å². The second-order valence-corrected chi connectivity index (χ2v) is 16.3. The lowest BCUT2D eigenvalue weighted by atomic mass is 10.0. The monoisotopic (exact) mass is 723 g/mol. The van der Waals surface area contributed by atoms with Crippen LogP contribution in [0.15, 0.2) is 0 Å². The number of carbonyl (C=O) groups excluding carboxylic acids is 3. The maximum atomic E-state index is 12.6. The molecule has 0 aromatic carbocycles. The Hall–Kier alpha value is -1.59. The minimum atomic E-state index is -0.758. The lowest BCUT2D eigenvalue weighted by Gasteiger charge is -2.18. The summed E-state index contributed by atoms with van der Waals surface area (Å²) in [7, 11) is 0. The molecule has 6 heteroatoms. The van der Waals surface area contributed by atoms with Crippen molar-refractivity contribution in [1.29, 1.82) is 0 Å². The first kappa shape index (κ1) is 49.4. The summed E-state index contributed by atoms with van der Waals surface area (Å²) in [5, 5.41) is 0. The van der Waals surface area contributed by atoms with Crippen molar-refractivity contribution in [3.05, 3.63) is 0 Å². The van der Waals surface area contributed by atoms with E-state index in [0.717, 1.165) is 76.0 Å². The fourth-order valence-electron chi connectivity index (χ4n) is 6.58. The maximum Gasteiger partial charge on any atom is 0.306 e. The fraction of sp³-hybridized carbons (Fsp3) is 0.933. The number of rotatable bonds is 39. The van der Waals surface area contributed by atoms with Crippen LogP contribution < -0.4 is 0 Å². The van der Waals surface area contributed by atoms with Gasteiger partial charge in [0.15, 0.2) is 6.10 Å². The molecule has 0 rings (SSSR count). The molecule has 0 aliphatic heterocycles. The molecule has 51 heavy (non-hydrogen) atoms. The van der Waals surface area contributed by atoms with E-state index in [1.165, 1.54) is 122 Å². The Morgan fingerprint density at radius 2 is 0.647 bits per heavy atom. The Balaban J connectivity index is 4.19. The largest absolute Gasteiger partial charge is 0.462 e. The van der Waals surface area contributed by atoms with Crippen LogP contribution in [0.25, 0.3) is 0 Å². The summed E-state index contributed by atoms with van der Waals surface area (Å²) in [5.74, 6) is 0.778. The quantitative estimate of drug-likeness (QED) is 0.0357. The van der Waals surface area contributed by atoms with Gasteiger partial charge in [-0.25, -0.2) is 0 Å². The zero-order valence-electron chi connectivity index (χ0n) is 34.7. The highest BCUT2D eigenvalue weighted by atomic mass is 16.6. The number of esters is 3. The van der Waals surface area contributed by atoms with Gasteiger partial charge in [-0.15, -0.1) is 0 Å². The first-order valence-electron chi connectivity index (χ1n) is 22.2. The second kappa shape index (κ2) is 38.1. The first-order valence-corrected chi connectivity index (χ1v) is 22.2. The average Bonchev–Trinajstić information content (AvgIpc) is 3.09. The van der Waals surface area contributed by atoms with Crippen molar-refractivity contribution < 1.29 is 28.6 Å². The third-order valence-corrected chi connectivity index (χ3v) is 9.97. The van der Waals surface area contributed by atoms with Gasteiger partial charge in [0.1, 0.15) is 13.2 Å². The summed E-state index contributed by atoms with van der Waals surface area (Å²) >= 11 is 0. The Labute approximate surface area is 317 Å². The Morgan fingerprint density at radius 1 is 0.373 bits per heavy atom. The molecule has 0 N–H and O–H groups in total. The molecule has 0 unspecified atom stereocenters. The average molecular weight is 723 g/mol. The smallest absolute Gasteiger partial charge is 0.306 e. The minimum Gasteiger partial charge on any atom is -0.462 e. The second-order valence-electron chi connectivity index (χ2n) is 16.3. The van der Waals surface area contributed by atoms with E-state index in [1.54, 1.807) is 0 Å². The Kier molecular flexibility index (Phi) is 37.0. The van der Waals surface area contributed by atoms with Gasteiger partial charge >= 0.3 is 17.9 Å². The summed E-state index contributed by atoms with van der Waals surface area (Å²) < 4.78 is 16.6. The molecule has 6 nitrogen and oxygen atoms in total. The predicted molar refractivity (Wildman–Crippen MR) is 215 cm³/mol. The Morgan fingerprint density at radius 3 is 0.961 bits per heavy atom. The molecule has 1 atom stereocenters. The first-order chi connectivity index (χ1) is 24.7. The standard InChI is InChI=1S/C45H86O6/c1-6-7-8-23-30-35-43(46)49-38-42(51-45(48)37-32-27-22-18-14-13-16-20-25-29-34-41(4)5)39-50-44(47)36-31-26-21-17-12-10-9-11-15-19-24-28-33-40(2)3/h40-42H,6-39H2,1-5H3/t42-/m1/s1. The topological polar surface area (TPSA) is 78.9 Å². The van der Waals surface area contributed by atoms with Gasteiger partial charge in [-0.05, 0) is 31.1 Å². The van der Waals surface area contributed by atoms with Crippen LogP contribution in [0.3, 0.4) is 0 Å². The molecule has 302 valence electrons. The molecule has 0 radical (unpaired) electrons. The Bertz CT molecular complexity index is 779. The highest BCUT2D eigenvalue weighted by molar-refractivity contribution is 5.71. The normalized spacial score (nSPS) is 12.1. The van der Waals surface area contributed by atoms with Crippen molar-refractivity contribution in [2.75, 3.05) is 13.2 Å². The van der Waals surface area contributed by atoms with Gasteiger partial charge in [0.2, 0.25) is 0 Å². The van der Waals surface area contributed by atoms with E-state index in [2.05, 4.69) is 34.6 Å². The van der Waals surface area contributed by atoms with Crippen LogP contribution >= 0.6 is 0 Å². The fourth-order valence-corrected chi connectivity index (χ4v) is 6.58. The zero-order chi connectivity index (χ0) is 37.6. The molecule has 0 fully saturated rings. The van der Waals surface area contributed by atoms with Crippen molar-refractivity contribution in [3.8, 4) is 0 Å². The van der Waals surface area contributed by atoms with E-state index < -0.39 is 6.10 Å². The van der Waals surface area contributed by atoms with Gasteiger partial charge in [0, 0.05) is 19.3 Å². The van der Waals surface area contributed by atoms with Gasteiger partial charge in [-0.3, -0.25) is 14.4 Å². The van der Waals surface area contributed by atoms with Crippen molar-refractivity contribution in [1.82, 2.24) is 0 Å². The third-order valence-electron chi connectivity index (χ3n) is 9.97. The highest BCUT2D eigenvalue weighted by Crippen LogP contribution is 2.16. The lowest BCUT2D eigenvalue weighted by Crippen LogP contribution is -2.30. The van der Waals surface area contributed by atoms with Crippen LogP contribution in [0.2, 0.25) is 0 Å². The molecule has 0 saturated heterocycles. The molecule has 0 aromatic heterocycles. The minimum absolute atomic E-state index is 0.0659. The molecule has 0 amide bonds. The van der Waals surface area contributed by atoms with Crippen LogP contribution in [0.1, 0.15) is 240 Å². The van der Waals surface area contributed by atoms with Crippen LogP contribution in [0.4, 0.5) is 0 Å². The maximum absolute atomic E-state index is 12.6. The molecular formula is C45H86O6. The highest BCUT2D eigenvalue weighted by Gasteiger charge is 2.19. The van der Waals surface area contributed by atoms with Crippen molar-refractivity contribution in [2.45, 2.75) is 246 Å². The number of hydrogen-bond acceptors (Lipinski definition) is 6. The predicted octanol–water partition coefficient (Wildman–Crippen LogP) is 13.8. The molecule has 0 aliphatic carbocycles. The van der Waals surface area contributed by atoms with Gasteiger partial charge < -0.3 is 14.2 Å².